The van der Waals surface area contributed by atoms with Crippen LogP contribution in [0.5, 0.6) is 5.75 Å². The topological polar surface area (TPSA) is 63.5 Å². The van der Waals surface area contributed by atoms with Crippen LogP contribution < -0.4 is 9.64 Å². The van der Waals surface area contributed by atoms with Crippen molar-refractivity contribution in [2.45, 2.75) is 40.7 Å². The number of hydrogen-bond acceptors (Lipinski definition) is 6. The Labute approximate surface area is 194 Å². The number of thiazole rings is 1. The molecule has 0 spiro atoms. The molecule has 1 amide bonds. The quantitative estimate of drug-likeness (QED) is 0.427. The van der Waals surface area contributed by atoms with Gasteiger partial charge in [0.25, 0.3) is 5.91 Å². The van der Waals surface area contributed by atoms with Crippen LogP contribution in [0.1, 0.15) is 51.1 Å². The van der Waals surface area contributed by atoms with Gasteiger partial charge < -0.3 is 9.64 Å². The van der Waals surface area contributed by atoms with Crippen molar-refractivity contribution in [2.75, 3.05) is 37.7 Å². The van der Waals surface area contributed by atoms with Gasteiger partial charge in [0.15, 0.2) is 10.8 Å². The number of para-hydroxylation sites is 1. The molecule has 31 heavy (non-hydrogen) atoms. The van der Waals surface area contributed by atoms with Crippen LogP contribution in [0.3, 0.4) is 0 Å². The van der Waals surface area contributed by atoms with Crippen LogP contribution in [0.4, 0.5) is 5.13 Å². The maximum Gasteiger partial charge on any atom is 0.280 e. The van der Waals surface area contributed by atoms with E-state index < -0.39 is 0 Å². The standard InChI is InChI=1S/C22H31N5O2S.ClH/c1-6-25(7-2)14-15-26(21(28)17-12-13-27(24-17)16(4)5)22-23-20-18(29-8-3)10-9-11-19(20)30-22;/h9-13,16H,6-8,14-15H2,1-5H3;1H. The fraction of sp³-hybridized carbons (Fsp3) is 0.500. The maximum atomic E-state index is 13.4. The number of carbonyl (C=O) groups excluding carboxylic acids is 1. The number of carbonyl (C=O) groups is 1. The van der Waals surface area contributed by atoms with Crippen LogP contribution in [-0.2, 0) is 0 Å². The Morgan fingerprint density at radius 1 is 1.16 bits per heavy atom. The van der Waals surface area contributed by atoms with Gasteiger partial charge in [-0.1, -0.05) is 31.3 Å². The molecule has 0 N–H and O–H groups in total. The Balaban J connectivity index is 0.00000341. The highest BCUT2D eigenvalue weighted by Gasteiger charge is 2.24. The maximum absolute atomic E-state index is 13.4. The minimum absolute atomic E-state index is 0. The third-order valence-corrected chi connectivity index (χ3v) is 6.08. The molecule has 0 aliphatic rings. The number of anilines is 1. The second-order valence-corrected chi connectivity index (χ2v) is 8.30. The van der Waals surface area contributed by atoms with E-state index in [1.807, 2.05) is 45.2 Å². The average molecular weight is 466 g/mol. The zero-order valence-electron chi connectivity index (χ0n) is 18.9. The SMILES string of the molecule is CCOc1cccc2sc(N(CCN(CC)CC)C(=O)c3ccn(C(C)C)n3)nc12.Cl. The van der Waals surface area contributed by atoms with Gasteiger partial charge in [-0.05, 0) is 52.1 Å². The van der Waals surface area contributed by atoms with Gasteiger partial charge in [-0.2, -0.15) is 5.10 Å². The molecule has 0 radical (unpaired) electrons. The number of aromatic nitrogens is 3. The van der Waals surface area contributed by atoms with E-state index >= 15 is 0 Å². The van der Waals surface area contributed by atoms with Gasteiger partial charge in [-0.3, -0.25) is 14.4 Å². The number of fused-ring (bicyclic) bond motifs is 1. The molecule has 0 atom stereocenters. The van der Waals surface area contributed by atoms with Crippen LogP contribution >= 0.6 is 23.7 Å². The molecule has 0 aliphatic carbocycles. The van der Waals surface area contributed by atoms with E-state index in [0.29, 0.717) is 24.0 Å². The highest BCUT2D eigenvalue weighted by molar-refractivity contribution is 7.22. The number of nitrogens with zero attached hydrogens (tertiary/aromatic N) is 5. The lowest BCUT2D eigenvalue weighted by molar-refractivity contribution is 0.0978. The number of amides is 1. The van der Waals surface area contributed by atoms with Gasteiger partial charge in [-0.15, -0.1) is 12.4 Å². The van der Waals surface area contributed by atoms with Gasteiger partial charge in [0, 0.05) is 25.3 Å². The lowest BCUT2D eigenvalue weighted by atomic mass is 10.3. The van der Waals surface area contributed by atoms with Crippen LogP contribution in [0.25, 0.3) is 10.2 Å². The number of ether oxygens (including phenoxy) is 1. The first kappa shape index (κ1) is 25.1. The van der Waals surface area contributed by atoms with E-state index in [-0.39, 0.29) is 24.4 Å². The van der Waals surface area contributed by atoms with E-state index in [1.165, 1.54) is 11.3 Å². The molecule has 3 aromatic rings. The third kappa shape index (κ3) is 5.75. The van der Waals surface area contributed by atoms with Gasteiger partial charge in [0.05, 0.1) is 11.3 Å². The summed E-state index contributed by atoms with van der Waals surface area (Å²) in [5.41, 5.74) is 1.24. The highest BCUT2D eigenvalue weighted by Crippen LogP contribution is 2.34. The number of halogens is 1. The van der Waals surface area contributed by atoms with E-state index in [0.717, 1.165) is 35.6 Å². The summed E-state index contributed by atoms with van der Waals surface area (Å²) < 4.78 is 8.55. The second kappa shape index (κ2) is 11.5. The molecule has 170 valence electrons. The molecule has 1 aromatic carbocycles. The summed E-state index contributed by atoms with van der Waals surface area (Å²) in [6.07, 6.45) is 1.85. The molecular weight excluding hydrogens is 434 g/mol. The van der Waals surface area contributed by atoms with Gasteiger partial charge in [0.2, 0.25) is 0 Å². The lowest BCUT2D eigenvalue weighted by Gasteiger charge is -2.24. The molecule has 0 fully saturated rings. The molecule has 0 saturated heterocycles. The summed E-state index contributed by atoms with van der Waals surface area (Å²) in [6.45, 7) is 14.1. The van der Waals surface area contributed by atoms with Crippen molar-refractivity contribution in [3.8, 4) is 5.75 Å². The van der Waals surface area contributed by atoms with Crippen LogP contribution in [0.2, 0.25) is 0 Å². The fourth-order valence-corrected chi connectivity index (χ4v) is 4.25. The second-order valence-electron chi connectivity index (χ2n) is 7.29. The summed E-state index contributed by atoms with van der Waals surface area (Å²) >= 11 is 1.51. The average Bonchev–Trinajstić information content (AvgIpc) is 3.39. The molecule has 0 bridgehead atoms. The molecule has 0 unspecified atom stereocenters. The molecule has 2 aromatic heterocycles. The summed E-state index contributed by atoms with van der Waals surface area (Å²) in [5, 5.41) is 5.16. The van der Waals surface area contributed by atoms with Crippen molar-refractivity contribution in [3.05, 3.63) is 36.2 Å². The Morgan fingerprint density at radius 2 is 1.90 bits per heavy atom. The first-order valence-electron chi connectivity index (χ1n) is 10.6. The highest BCUT2D eigenvalue weighted by atomic mass is 35.5. The number of hydrogen-bond donors (Lipinski definition) is 0. The van der Waals surface area contributed by atoms with Crippen LogP contribution in [0, 0.1) is 0 Å². The van der Waals surface area contributed by atoms with Gasteiger partial charge in [-0.25, -0.2) is 4.98 Å². The molecule has 9 heteroatoms. The van der Waals surface area contributed by atoms with Crippen molar-refractivity contribution in [2.24, 2.45) is 0 Å². The Hall–Kier alpha value is -2.16. The number of benzene rings is 1. The van der Waals surface area contributed by atoms with E-state index in [1.54, 1.807) is 15.6 Å². The lowest BCUT2D eigenvalue weighted by Crippen LogP contribution is -2.39. The Kier molecular flexibility index (Phi) is 9.28. The number of rotatable bonds is 10. The predicted octanol–water partition coefficient (Wildman–Crippen LogP) is 4.88. The van der Waals surface area contributed by atoms with Gasteiger partial charge in [0.1, 0.15) is 11.3 Å². The Morgan fingerprint density at radius 3 is 2.52 bits per heavy atom. The molecule has 2 heterocycles. The van der Waals surface area contributed by atoms with Crippen molar-refractivity contribution in [1.82, 2.24) is 19.7 Å². The zero-order valence-corrected chi connectivity index (χ0v) is 20.5. The van der Waals surface area contributed by atoms with E-state index in [4.69, 9.17) is 9.72 Å². The smallest absolute Gasteiger partial charge is 0.280 e. The van der Waals surface area contributed by atoms with Crippen molar-refractivity contribution >= 4 is 45.0 Å². The largest absolute Gasteiger partial charge is 0.492 e. The number of likely N-dealkylation sites (N-methyl/N-ethyl adjacent to an activating group) is 1. The first-order valence-corrected chi connectivity index (χ1v) is 11.4. The van der Waals surface area contributed by atoms with Crippen molar-refractivity contribution in [1.29, 1.82) is 0 Å². The summed E-state index contributed by atoms with van der Waals surface area (Å²) in [4.78, 5) is 22.3. The normalized spacial score (nSPS) is 11.2. The summed E-state index contributed by atoms with van der Waals surface area (Å²) in [5.74, 6) is 0.622. The third-order valence-electron chi connectivity index (χ3n) is 5.04. The van der Waals surface area contributed by atoms with E-state index in [9.17, 15) is 4.79 Å². The summed E-state index contributed by atoms with van der Waals surface area (Å²) in [6, 6.07) is 7.88. The van der Waals surface area contributed by atoms with Crippen LogP contribution in [0.15, 0.2) is 30.5 Å². The zero-order chi connectivity index (χ0) is 21.7. The molecule has 7 nitrogen and oxygen atoms in total. The molecular formula is C22H32ClN5O2S. The minimum atomic E-state index is -0.126. The monoisotopic (exact) mass is 465 g/mol. The van der Waals surface area contributed by atoms with Crippen molar-refractivity contribution in [3.63, 3.8) is 0 Å². The van der Waals surface area contributed by atoms with Crippen LogP contribution in [-0.4, -0.2) is 58.4 Å². The first-order chi connectivity index (χ1) is 14.5. The Bertz CT molecular complexity index is 983. The molecule has 3 rings (SSSR count). The van der Waals surface area contributed by atoms with Crippen molar-refractivity contribution < 1.29 is 9.53 Å². The van der Waals surface area contributed by atoms with E-state index in [2.05, 4.69) is 23.8 Å². The summed E-state index contributed by atoms with van der Waals surface area (Å²) in [7, 11) is 0. The van der Waals surface area contributed by atoms with Gasteiger partial charge >= 0.3 is 0 Å². The predicted molar refractivity (Wildman–Crippen MR) is 130 cm³/mol. The molecule has 0 saturated carbocycles. The minimum Gasteiger partial charge on any atom is -0.492 e. The fourth-order valence-electron chi connectivity index (χ4n) is 3.24. The molecule has 0 aliphatic heterocycles.